The Bertz CT molecular complexity index is 77.0. The molecule has 0 amide bonds. The highest BCUT2D eigenvalue weighted by Gasteiger charge is 1.94. The van der Waals surface area contributed by atoms with Gasteiger partial charge in [0.2, 0.25) is 0 Å². The summed E-state index contributed by atoms with van der Waals surface area (Å²) in [7, 11) is 0. The lowest BCUT2D eigenvalue weighted by atomic mass is 10.2. The molecule has 0 aromatic heterocycles. The maximum Gasteiger partial charge on any atom is 0.0497 e. The summed E-state index contributed by atoms with van der Waals surface area (Å²) in [5.41, 5.74) is 2.20. The molecule has 2 heteroatoms. The molecule has 0 aliphatic heterocycles. The molecule has 0 saturated carbocycles. The van der Waals surface area contributed by atoms with Crippen molar-refractivity contribution in [2.75, 3.05) is 0 Å². The fourth-order valence-electron chi connectivity index (χ4n) is 0.571. The lowest BCUT2D eigenvalue weighted by Crippen LogP contribution is -2.21. The van der Waals surface area contributed by atoms with Gasteiger partial charge in [-0.3, -0.25) is 0 Å². The number of rotatable bonds is 4. The Kier molecular flexibility index (Phi) is 5.57. The molecular formula is C7H15NO. The van der Waals surface area contributed by atoms with Crippen molar-refractivity contribution >= 4 is 0 Å². The van der Waals surface area contributed by atoms with E-state index in [1.165, 1.54) is 0 Å². The maximum atomic E-state index is 8.45. The van der Waals surface area contributed by atoms with E-state index in [-0.39, 0.29) is 6.04 Å². The van der Waals surface area contributed by atoms with Crippen molar-refractivity contribution in [3.05, 3.63) is 12.2 Å². The van der Waals surface area contributed by atoms with Crippen molar-refractivity contribution in [1.29, 1.82) is 0 Å². The maximum absolute atomic E-state index is 8.45. The second-order valence-electron chi connectivity index (χ2n) is 1.98. The van der Waals surface area contributed by atoms with Crippen LogP contribution in [0.1, 0.15) is 26.7 Å². The van der Waals surface area contributed by atoms with Crippen molar-refractivity contribution < 1.29 is 5.21 Å². The van der Waals surface area contributed by atoms with E-state index in [1.807, 2.05) is 19.1 Å². The van der Waals surface area contributed by atoms with Gasteiger partial charge in [-0.15, -0.1) is 0 Å². The van der Waals surface area contributed by atoms with Crippen LogP contribution in [0.2, 0.25) is 0 Å². The SMILES string of the molecule is CC/C=C\C(CC)NO. The monoisotopic (exact) mass is 129 g/mol. The molecule has 0 aliphatic rings. The third kappa shape index (κ3) is 4.18. The van der Waals surface area contributed by atoms with Gasteiger partial charge < -0.3 is 5.21 Å². The van der Waals surface area contributed by atoms with Crippen LogP contribution in [0.5, 0.6) is 0 Å². The Labute approximate surface area is 56.5 Å². The summed E-state index contributed by atoms with van der Waals surface area (Å²) >= 11 is 0. The van der Waals surface area contributed by atoms with E-state index in [4.69, 9.17) is 5.21 Å². The lowest BCUT2D eigenvalue weighted by molar-refractivity contribution is 0.141. The summed E-state index contributed by atoms with van der Waals surface area (Å²) in [5.74, 6) is 0. The highest BCUT2D eigenvalue weighted by molar-refractivity contribution is 4.89. The quantitative estimate of drug-likeness (QED) is 0.447. The number of hydrogen-bond donors (Lipinski definition) is 2. The minimum absolute atomic E-state index is 0.130. The highest BCUT2D eigenvalue weighted by atomic mass is 16.5. The van der Waals surface area contributed by atoms with Crippen molar-refractivity contribution in [1.82, 2.24) is 5.48 Å². The molecule has 2 N–H and O–H groups in total. The van der Waals surface area contributed by atoms with Gasteiger partial charge in [-0.05, 0) is 12.8 Å². The minimum atomic E-state index is 0.130. The average Bonchev–Trinajstić information content (AvgIpc) is 1.91. The molecule has 0 heterocycles. The normalized spacial score (nSPS) is 14.6. The summed E-state index contributed by atoms with van der Waals surface area (Å²) in [6.07, 6.45) is 5.96. The average molecular weight is 129 g/mol. The zero-order chi connectivity index (χ0) is 7.11. The van der Waals surface area contributed by atoms with Crippen LogP contribution in [-0.4, -0.2) is 11.2 Å². The summed E-state index contributed by atoms with van der Waals surface area (Å²) in [6, 6.07) is 0.130. The van der Waals surface area contributed by atoms with Gasteiger partial charge in [0.1, 0.15) is 0 Å². The molecule has 1 atom stereocenters. The van der Waals surface area contributed by atoms with Gasteiger partial charge in [-0.2, -0.15) is 5.48 Å². The van der Waals surface area contributed by atoms with Gasteiger partial charge >= 0.3 is 0 Å². The molecule has 0 rings (SSSR count). The fraction of sp³-hybridized carbons (Fsp3) is 0.714. The molecule has 0 saturated heterocycles. The smallest absolute Gasteiger partial charge is 0.0497 e. The van der Waals surface area contributed by atoms with Crippen LogP contribution >= 0.6 is 0 Å². The van der Waals surface area contributed by atoms with Crippen LogP contribution in [-0.2, 0) is 0 Å². The third-order valence-corrected chi connectivity index (χ3v) is 1.21. The second-order valence-corrected chi connectivity index (χ2v) is 1.98. The van der Waals surface area contributed by atoms with Crippen molar-refractivity contribution in [3.8, 4) is 0 Å². The first kappa shape index (κ1) is 8.66. The van der Waals surface area contributed by atoms with Gasteiger partial charge in [0.15, 0.2) is 0 Å². The van der Waals surface area contributed by atoms with Crippen LogP contribution in [0.4, 0.5) is 0 Å². The van der Waals surface area contributed by atoms with Gasteiger partial charge in [0.05, 0.1) is 0 Å². The second kappa shape index (κ2) is 5.79. The number of hydrogen-bond acceptors (Lipinski definition) is 2. The van der Waals surface area contributed by atoms with Crippen LogP contribution in [0, 0.1) is 0 Å². The van der Waals surface area contributed by atoms with Gasteiger partial charge in [0.25, 0.3) is 0 Å². The molecule has 0 spiro atoms. The first-order chi connectivity index (χ1) is 4.35. The fourth-order valence-corrected chi connectivity index (χ4v) is 0.571. The lowest BCUT2D eigenvalue weighted by Gasteiger charge is -2.04. The summed E-state index contributed by atoms with van der Waals surface area (Å²) in [5, 5.41) is 8.45. The molecule has 0 radical (unpaired) electrons. The van der Waals surface area contributed by atoms with Gasteiger partial charge in [-0.1, -0.05) is 26.0 Å². The Hall–Kier alpha value is -0.340. The van der Waals surface area contributed by atoms with E-state index in [9.17, 15) is 0 Å². The molecule has 2 nitrogen and oxygen atoms in total. The topological polar surface area (TPSA) is 32.3 Å². The number of allylic oxidation sites excluding steroid dienone is 1. The number of hydroxylamine groups is 1. The molecule has 0 aromatic rings. The molecular weight excluding hydrogens is 114 g/mol. The predicted octanol–water partition coefficient (Wildman–Crippen LogP) is 1.71. The zero-order valence-corrected chi connectivity index (χ0v) is 6.09. The molecule has 1 unspecified atom stereocenters. The Morgan fingerprint density at radius 1 is 1.56 bits per heavy atom. The van der Waals surface area contributed by atoms with E-state index in [1.54, 1.807) is 0 Å². The van der Waals surface area contributed by atoms with E-state index in [0.29, 0.717) is 0 Å². The van der Waals surface area contributed by atoms with Gasteiger partial charge in [-0.25, -0.2) is 0 Å². The standard InChI is InChI=1S/C7H15NO/c1-3-5-6-7(4-2)8-9/h5-9H,3-4H2,1-2H3/b6-5-. The highest BCUT2D eigenvalue weighted by Crippen LogP contribution is 1.92. The summed E-state index contributed by atoms with van der Waals surface area (Å²) < 4.78 is 0. The molecule has 0 fully saturated rings. The first-order valence-corrected chi connectivity index (χ1v) is 3.41. The van der Waals surface area contributed by atoms with Crippen LogP contribution in [0.15, 0.2) is 12.2 Å². The van der Waals surface area contributed by atoms with Crippen LogP contribution in [0.3, 0.4) is 0 Å². The Balaban J connectivity index is 3.41. The van der Waals surface area contributed by atoms with Crippen LogP contribution < -0.4 is 5.48 Å². The minimum Gasteiger partial charge on any atom is -0.316 e. The van der Waals surface area contributed by atoms with Crippen molar-refractivity contribution in [3.63, 3.8) is 0 Å². The molecule has 9 heavy (non-hydrogen) atoms. The Morgan fingerprint density at radius 2 is 2.22 bits per heavy atom. The molecule has 0 aromatic carbocycles. The van der Waals surface area contributed by atoms with Crippen molar-refractivity contribution in [2.24, 2.45) is 0 Å². The zero-order valence-electron chi connectivity index (χ0n) is 6.09. The predicted molar refractivity (Wildman–Crippen MR) is 38.4 cm³/mol. The third-order valence-electron chi connectivity index (χ3n) is 1.21. The van der Waals surface area contributed by atoms with E-state index >= 15 is 0 Å². The van der Waals surface area contributed by atoms with E-state index in [0.717, 1.165) is 12.8 Å². The largest absolute Gasteiger partial charge is 0.316 e. The van der Waals surface area contributed by atoms with Gasteiger partial charge in [0, 0.05) is 6.04 Å². The van der Waals surface area contributed by atoms with Crippen LogP contribution in [0.25, 0.3) is 0 Å². The Morgan fingerprint density at radius 3 is 2.56 bits per heavy atom. The van der Waals surface area contributed by atoms with Crippen molar-refractivity contribution in [2.45, 2.75) is 32.7 Å². The summed E-state index contributed by atoms with van der Waals surface area (Å²) in [4.78, 5) is 0. The molecule has 0 aliphatic carbocycles. The van der Waals surface area contributed by atoms with E-state index < -0.39 is 0 Å². The van der Waals surface area contributed by atoms with E-state index in [2.05, 4.69) is 12.4 Å². The summed E-state index contributed by atoms with van der Waals surface area (Å²) in [6.45, 7) is 4.09. The first-order valence-electron chi connectivity index (χ1n) is 3.41. The number of nitrogens with one attached hydrogen (secondary N) is 1. The molecule has 0 bridgehead atoms. The molecule has 54 valence electrons.